The number of aromatic amines is 1. The number of hydrogen-bond donors (Lipinski definition) is 1. The van der Waals surface area contributed by atoms with Gasteiger partial charge in [-0.2, -0.15) is 0 Å². The minimum Gasteiger partial charge on any atom is -0.497 e. The highest BCUT2D eigenvalue weighted by Gasteiger charge is 2.20. The monoisotopic (exact) mass is 321 g/mol. The number of Topliss-reactive ketones (excluding diaryl/α,β-unsaturated/α-hetero) is 1. The molecule has 1 unspecified atom stereocenters. The number of carbonyl (C=O) groups is 1. The Kier molecular flexibility index (Phi) is 5.43. The van der Waals surface area contributed by atoms with E-state index in [2.05, 4.69) is 10.2 Å². The van der Waals surface area contributed by atoms with E-state index in [1.54, 1.807) is 35.9 Å². The van der Waals surface area contributed by atoms with Crippen molar-refractivity contribution >= 4 is 17.5 Å². The lowest BCUT2D eigenvalue weighted by molar-refractivity contribution is 0.0994. The van der Waals surface area contributed by atoms with Gasteiger partial charge in [0.2, 0.25) is 0 Å². The quantitative estimate of drug-likeness (QED) is 0.626. The molecule has 0 bridgehead atoms. The zero-order valence-corrected chi connectivity index (χ0v) is 13.6. The minimum absolute atomic E-state index is 0.00819. The van der Waals surface area contributed by atoms with Crippen molar-refractivity contribution in [1.82, 2.24) is 14.8 Å². The lowest BCUT2D eigenvalue weighted by atomic mass is 10.1. The smallest absolute Gasteiger partial charge is 0.343 e. The van der Waals surface area contributed by atoms with Crippen molar-refractivity contribution in [2.24, 2.45) is 0 Å². The first-order chi connectivity index (χ1) is 10.6. The summed E-state index contributed by atoms with van der Waals surface area (Å²) in [7, 11) is 1.58. The third-order valence-corrected chi connectivity index (χ3v) is 4.29. The van der Waals surface area contributed by atoms with Gasteiger partial charge in [0, 0.05) is 12.1 Å². The molecule has 0 saturated heterocycles. The molecule has 0 saturated carbocycles. The van der Waals surface area contributed by atoms with E-state index in [4.69, 9.17) is 4.74 Å². The van der Waals surface area contributed by atoms with Crippen molar-refractivity contribution in [3.8, 4) is 5.75 Å². The van der Waals surface area contributed by atoms with Gasteiger partial charge in [-0.15, -0.1) is 5.10 Å². The summed E-state index contributed by atoms with van der Waals surface area (Å²) in [6, 6.07) is 6.99. The standard InChI is InChI=1S/C15H19N3O3S/c1-4-9-18-14(20)16-17-15(18)22-10(2)13(19)11-5-7-12(21-3)8-6-11/h5-8,10H,4,9H2,1-3H3,(H,16,20). The minimum atomic E-state index is -0.334. The molecular formula is C15H19N3O3S. The fourth-order valence-electron chi connectivity index (χ4n) is 2.02. The lowest BCUT2D eigenvalue weighted by Gasteiger charge is -2.10. The molecule has 0 radical (unpaired) electrons. The van der Waals surface area contributed by atoms with Crippen LogP contribution in [0.25, 0.3) is 0 Å². The second kappa shape index (κ2) is 7.31. The number of rotatable bonds is 7. The molecule has 2 rings (SSSR count). The molecule has 0 aliphatic carbocycles. The van der Waals surface area contributed by atoms with Crippen LogP contribution in [0.2, 0.25) is 0 Å². The third kappa shape index (κ3) is 3.59. The van der Waals surface area contributed by atoms with E-state index in [1.165, 1.54) is 11.8 Å². The average molecular weight is 321 g/mol. The Morgan fingerprint density at radius 3 is 2.68 bits per heavy atom. The number of thioether (sulfide) groups is 1. The second-order valence-electron chi connectivity index (χ2n) is 4.82. The van der Waals surface area contributed by atoms with Crippen molar-refractivity contribution in [3.63, 3.8) is 0 Å². The normalized spacial score (nSPS) is 12.1. The molecule has 2 aromatic rings. The number of hydrogen-bond acceptors (Lipinski definition) is 5. The van der Waals surface area contributed by atoms with E-state index >= 15 is 0 Å². The first-order valence-corrected chi connectivity index (χ1v) is 7.95. The molecular weight excluding hydrogens is 302 g/mol. The van der Waals surface area contributed by atoms with Gasteiger partial charge in [0.1, 0.15) is 5.75 Å². The van der Waals surface area contributed by atoms with Crippen molar-refractivity contribution in [1.29, 1.82) is 0 Å². The highest BCUT2D eigenvalue weighted by Crippen LogP contribution is 2.24. The Hall–Kier alpha value is -2.02. The Labute approximate surface area is 132 Å². The summed E-state index contributed by atoms with van der Waals surface area (Å²) in [5.74, 6) is 0.701. The third-order valence-electron chi connectivity index (χ3n) is 3.20. The number of methoxy groups -OCH3 is 1. The van der Waals surface area contributed by atoms with E-state index in [1.807, 2.05) is 13.8 Å². The molecule has 0 aliphatic heterocycles. The van der Waals surface area contributed by atoms with Crippen LogP contribution in [0.5, 0.6) is 5.75 Å². The van der Waals surface area contributed by atoms with Crippen molar-refractivity contribution < 1.29 is 9.53 Å². The highest BCUT2D eigenvalue weighted by atomic mass is 32.2. The number of benzene rings is 1. The molecule has 0 amide bonds. The topological polar surface area (TPSA) is 77.0 Å². The predicted molar refractivity (Wildman–Crippen MR) is 85.8 cm³/mol. The van der Waals surface area contributed by atoms with Gasteiger partial charge in [-0.05, 0) is 37.6 Å². The summed E-state index contributed by atoms with van der Waals surface area (Å²) in [5, 5.41) is 6.63. The molecule has 1 N–H and O–H groups in total. The SMILES string of the molecule is CCCn1c(SC(C)C(=O)c2ccc(OC)cc2)n[nH]c1=O. The van der Waals surface area contributed by atoms with Crippen molar-refractivity contribution in [3.05, 3.63) is 40.3 Å². The van der Waals surface area contributed by atoms with Gasteiger partial charge >= 0.3 is 5.69 Å². The van der Waals surface area contributed by atoms with E-state index in [-0.39, 0.29) is 16.7 Å². The zero-order valence-electron chi connectivity index (χ0n) is 12.8. The summed E-state index contributed by atoms with van der Waals surface area (Å²) in [4.78, 5) is 24.1. The summed E-state index contributed by atoms with van der Waals surface area (Å²) >= 11 is 1.28. The average Bonchev–Trinajstić information content (AvgIpc) is 2.88. The summed E-state index contributed by atoms with van der Waals surface area (Å²) in [5.41, 5.74) is 0.370. The Bertz CT molecular complexity index is 691. The molecule has 1 atom stereocenters. The number of H-pyrrole nitrogens is 1. The summed E-state index contributed by atoms with van der Waals surface area (Å²) in [6.07, 6.45) is 0.827. The van der Waals surface area contributed by atoms with Crippen LogP contribution in [0.3, 0.4) is 0 Å². The molecule has 0 spiro atoms. The van der Waals surface area contributed by atoms with Crippen LogP contribution in [-0.2, 0) is 6.54 Å². The predicted octanol–water partition coefficient (Wildman–Crippen LogP) is 2.35. The molecule has 118 valence electrons. The van der Waals surface area contributed by atoms with Crippen LogP contribution >= 0.6 is 11.8 Å². The van der Waals surface area contributed by atoms with Crippen LogP contribution in [0, 0.1) is 0 Å². The van der Waals surface area contributed by atoms with Gasteiger partial charge in [0.05, 0.1) is 12.4 Å². The van der Waals surface area contributed by atoms with Crippen LogP contribution in [0.15, 0.2) is 34.2 Å². The fraction of sp³-hybridized carbons (Fsp3) is 0.400. The van der Waals surface area contributed by atoms with E-state index < -0.39 is 0 Å². The van der Waals surface area contributed by atoms with Crippen LogP contribution in [-0.4, -0.2) is 32.9 Å². The van der Waals surface area contributed by atoms with Gasteiger partial charge in [-0.25, -0.2) is 9.89 Å². The van der Waals surface area contributed by atoms with Gasteiger partial charge in [-0.3, -0.25) is 9.36 Å². The van der Waals surface area contributed by atoms with Gasteiger partial charge in [0.25, 0.3) is 0 Å². The number of ether oxygens (including phenoxy) is 1. The van der Waals surface area contributed by atoms with E-state index in [0.29, 0.717) is 23.0 Å². The van der Waals surface area contributed by atoms with Gasteiger partial charge in [0.15, 0.2) is 10.9 Å². The maximum atomic E-state index is 12.4. The molecule has 0 fully saturated rings. The number of nitrogens with zero attached hydrogens (tertiary/aromatic N) is 2. The molecule has 1 aromatic heterocycles. The first-order valence-electron chi connectivity index (χ1n) is 7.07. The Morgan fingerprint density at radius 1 is 1.41 bits per heavy atom. The van der Waals surface area contributed by atoms with Crippen molar-refractivity contribution in [2.75, 3.05) is 7.11 Å². The summed E-state index contributed by atoms with van der Waals surface area (Å²) in [6.45, 7) is 4.38. The molecule has 6 nitrogen and oxygen atoms in total. The number of carbonyl (C=O) groups excluding carboxylic acids is 1. The Morgan fingerprint density at radius 2 is 2.09 bits per heavy atom. The molecule has 0 aliphatic rings. The van der Waals surface area contributed by atoms with E-state index in [9.17, 15) is 9.59 Å². The first kappa shape index (κ1) is 16.4. The molecule has 7 heteroatoms. The van der Waals surface area contributed by atoms with Gasteiger partial charge in [-0.1, -0.05) is 18.7 Å². The largest absolute Gasteiger partial charge is 0.497 e. The second-order valence-corrected chi connectivity index (χ2v) is 6.12. The number of aromatic nitrogens is 3. The van der Waals surface area contributed by atoms with Crippen molar-refractivity contribution in [2.45, 2.75) is 37.2 Å². The number of ketones is 1. The van der Waals surface area contributed by atoms with E-state index in [0.717, 1.165) is 6.42 Å². The maximum absolute atomic E-state index is 12.4. The molecule has 22 heavy (non-hydrogen) atoms. The van der Waals surface area contributed by atoms with Gasteiger partial charge < -0.3 is 4.74 Å². The molecule has 1 heterocycles. The van der Waals surface area contributed by atoms with Crippen LogP contribution < -0.4 is 10.4 Å². The zero-order chi connectivity index (χ0) is 16.1. The fourth-order valence-corrected chi connectivity index (χ4v) is 2.97. The van der Waals surface area contributed by atoms with Crippen LogP contribution in [0.4, 0.5) is 0 Å². The van der Waals surface area contributed by atoms with Crippen LogP contribution in [0.1, 0.15) is 30.6 Å². The Balaban J connectivity index is 2.12. The maximum Gasteiger partial charge on any atom is 0.343 e. The highest BCUT2D eigenvalue weighted by molar-refractivity contribution is 8.00. The molecule has 1 aromatic carbocycles. The number of nitrogens with one attached hydrogen (secondary N) is 1. The summed E-state index contributed by atoms with van der Waals surface area (Å²) < 4.78 is 6.64. The lowest BCUT2D eigenvalue weighted by Crippen LogP contribution is -2.19.